The number of hydrogen-bond acceptors (Lipinski definition) is 7. The molecular weight excluding hydrogens is 526 g/mol. The first-order valence-electron chi connectivity index (χ1n) is 13.7. The number of benzene rings is 2. The van der Waals surface area contributed by atoms with Gasteiger partial charge in [-0.2, -0.15) is 0 Å². The number of aryl methyl sites for hydroxylation is 1. The number of amides is 5. The highest BCUT2D eigenvalue weighted by Crippen LogP contribution is 2.30. The van der Waals surface area contributed by atoms with Crippen LogP contribution in [0.1, 0.15) is 52.1 Å². The van der Waals surface area contributed by atoms with Crippen LogP contribution in [0.25, 0.3) is 11.0 Å². The van der Waals surface area contributed by atoms with Crippen LogP contribution >= 0.6 is 0 Å². The number of carbonyl (C=O) groups is 4. The molecule has 0 aliphatic carbocycles. The Morgan fingerprint density at radius 1 is 1.05 bits per heavy atom. The summed E-state index contributed by atoms with van der Waals surface area (Å²) in [7, 11) is 0. The third-order valence-electron chi connectivity index (χ3n) is 8.20. The topological polar surface area (TPSA) is 146 Å². The molecule has 5 rings (SSSR count). The van der Waals surface area contributed by atoms with Crippen molar-refractivity contribution in [2.24, 2.45) is 5.73 Å². The number of carbonyl (C=O) groups excluding carboxylic acids is 4. The minimum atomic E-state index is -1.22. The second kappa shape index (κ2) is 10.7. The van der Waals surface area contributed by atoms with E-state index in [1.807, 2.05) is 25.1 Å². The molecule has 0 radical (unpaired) electrons. The zero-order valence-electron chi connectivity index (χ0n) is 23.4. The van der Waals surface area contributed by atoms with E-state index in [1.165, 1.54) is 29.2 Å². The number of hydrogen-bond donors (Lipinski definition) is 2. The van der Waals surface area contributed by atoms with E-state index in [2.05, 4.69) is 24.1 Å². The van der Waals surface area contributed by atoms with Crippen molar-refractivity contribution in [3.05, 3.63) is 75.1 Å². The first kappa shape index (κ1) is 27.9. The minimum Gasteiger partial charge on any atom is -0.422 e. The average Bonchev–Trinajstić information content (AvgIpc) is 3.49. The molecule has 11 heteroatoms. The molecular formula is C30H33N5O6. The van der Waals surface area contributed by atoms with E-state index in [0.29, 0.717) is 16.7 Å². The monoisotopic (exact) mass is 559 g/mol. The predicted octanol–water partition coefficient (Wildman–Crippen LogP) is 2.43. The minimum absolute atomic E-state index is 0.00355. The van der Waals surface area contributed by atoms with Gasteiger partial charge in [-0.05, 0) is 75.6 Å². The van der Waals surface area contributed by atoms with Gasteiger partial charge in [0.2, 0.25) is 5.91 Å². The predicted molar refractivity (Wildman–Crippen MR) is 153 cm³/mol. The number of urea groups is 1. The molecule has 1 spiro atoms. The molecule has 41 heavy (non-hydrogen) atoms. The highest BCUT2D eigenvalue weighted by atomic mass is 16.4. The fourth-order valence-electron chi connectivity index (χ4n) is 5.78. The van der Waals surface area contributed by atoms with Crippen molar-refractivity contribution in [2.45, 2.75) is 39.2 Å². The molecule has 11 nitrogen and oxygen atoms in total. The molecule has 2 aliphatic heterocycles. The van der Waals surface area contributed by atoms with Crippen LogP contribution < -0.4 is 21.6 Å². The van der Waals surface area contributed by atoms with Gasteiger partial charge in [0.15, 0.2) is 0 Å². The highest BCUT2D eigenvalue weighted by Gasteiger charge is 2.55. The van der Waals surface area contributed by atoms with Crippen molar-refractivity contribution in [3.63, 3.8) is 0 Å². The summed E-state index contributed by atoms with van der Waals surface area (Å²) in [5.41, 5.74) is 6.82. The maximum atomic E-state index is 13.5. The Kier molecular flexibility index (Phi) is 7.29. The Morgan fingerprint density at radius 3 is 2.39 bits per heavy atom. The van der Waals surface area contributed by atoms with Crippen LogP contribution in [0.3, 0.4) is 0 Å². The summed E-state index contributed by atoms with van der Waals surface area (Å²) < 4.78 is 5.66. The van der Waals surface area contributed by atoms with Gasteiger partial charge in [-0.1, -0.05) is 0 Å². The average molecular weight is 560 g/mol. The highest BCUT2D eigenvalue weighted by molar-refractivity contribution is 6.08. The molecule has 2 fully saturated rings. The number of nitrogens with zero attached hydrogens (tertiary/aromatic N) is 3. The van der Waals surface area contributed by atoms with Crippen molar-refractivity contribution in [1.82, 2.24) is 15.1 Å². The summed E-state index contributed by atoms with van der Waals surface area (Å²) in [4.78, 5) is 68.5. The standard InChI is InChI=1S/C30H33N5O6/c1-4-33(5-2)21-10-11-22-18(3)23(27(38)41-24(22)16-21)12-14-35-28(39)30(32-29(35)40)13-15-34(17-30)26(37)20-8-6-19(7-9-20)25(31)36/h6-11,16H,4-5,12-15,17H2,1-3H3,(H2,31,36)(H,32,40). The summed E-state index contributed by atoms with van der Waals surface area (Å²) >= 11 is 0. The second-order valence-corrected chi connectivity index (χ2v) is 10.5. The number of likely N-dealkylation sites (tertiary alicyclic amines) is 1. The van der Waals surface area contributed by atoms with Gasteiger partial charge in [0, 0.05) is 60.0 Å². The van der Waals surface area contributed by atoms with Crippen LogP contribution in [-0.2, 0) is 11.2 Å². The summed E-state index contributed by atoms with van der Waals surface area (Å²) in [6.07, 6.45) is 0.414. The molecule has 214 valence electrons. The maximum Gasteiger partial charge on any atom is 0.339 e. The quantitative estimate of drug-likeness (QED) is 0.318. The summed E-state index contributed by atoms with van der Waals surface area (Å²) in [6, 6.07) is 11.2. The van der Waals surface area contributed by atoms with E-state index in [9.17, 15) is 24.0 Å². The van der Waals surface area contributed by atoms with E-state index in [4.69, 9.17) is 10.2 Å². The third kappa shape index (κ3) is 4.92. The van der Waals surface area contributed by atoms with Gasteiger partial charge in [0.05, 0.1) is 6.54 Å². The van der Waals surface area contributed by atoms with Gasteiger partial charge in [-0.25, -0.2) is 9.59 Å². The Morgan fingerprint density at radius 2 is 1.73 bits per heavy atom. The van der Waals surface area contributed by atoms with Crippen LogP contribution in [0.4, 0.5) is 10.5 Å². The maximum absolute atomic E-state index is 13.5. The molecule has 1 unspecified atom stereocenters. The number of nitrogens with one attached hydrogen (secondary N) is 1. The van der Waals surface area contributed by atoms with Crippen LogP contribution in [0, 0.1) is 6.92 Å². The van der Waals surface area contributed by atoms with E-state index < -0.39 is 29.0 Å². The molecule has 3 aromatic rings. The van der Waals surface area contributed by atoms with Crippen molar-refractivity contribution >= 4 is 40.4 Å². The number of fused-ring (bicyclic) bond motifs is 1. The van der Waals surface area contributed by atoms with E-state index in [-0.39, 0.29) is 43.9 Å². The second-order valence-electron chi connectivity index (χ2n) is 10.5. The first-order valence-corrected chi connectivity index (χ1v) is 13.7. The Bertz CT molecular complexity index is 1610. The van der Waals surface area contributed by atoms with Crippen LogP contribution in [0.5, 0.6) is 0 Å². The van der Waals surface area contributed by atoms with Crippen molar-refractivity contribution in [3.8, 4) is 0 Å². The fraction of sp³-hybridized carbons (Fsp3) is 0.367. The number of primary amides is 1. The lowest BCUT2D eigenvalue weighted by atomic mass is 9.98. The van der Waals surface area contributed by atoms with E-state index in [0.717, 1.165) is 34.6 Å². The number of anilines is 1. The lowest BCUT2D eigenvalue weighted by Crippen LogP contribution is -2.50. The largest absolute Gasteiger partial charge is 0.422 e. The lowest BCUT2D eigenvalue weighted by Gasteiger charge is -2.22. The molecule has 3 N–H and O–H groups in total. The zero-order chi connectivity index (χ0) is 29.5. The van der Waals surface area contributed by atoms with Crippen molar-refractivity contribution < 1.29 is 23.6 Å². The van der Waals surface area contributed by atoms with Gasteiger partial charge in [0.25, 0.3) is 11.8 Å². The third-order valence-corrected chi connectivity index (χ3v) is 8.20. The van der Waals surface area contributed by atoms with Gasteiger partial charge in [-0.3, -0.25) is 19.3 Å². The smallest absolute Gasteiger partial charge is 0.339 e. The molecule has 1 atom stereocenters. The van der Waals surface area contributed by atoms with Crippen molar-refractivity contribution in [2.75, 3.05) is 37.6 Å². The van der Waals surface area contributed by atoms with Gasteiger partial charge in [0.1, 0.15) is 11.1 Å². The fourth-order valence-corrected chi connectivity index (χ4v) is 5.78. The van der Waals surface area contributed by atoms with Gasteiger partial charge < -0.3 is 25.3 Å². The van der Waals surface area contributed by atoms with E-state index in [1.54, 1.807) is 0 Å². The van der Waals surface area contributed by atoms with Crippen LogP contribution in [0.2, 0.25) is 0 Å². The first-order chi connectivity index (χ1) is 19.6. The number of rotatable bonds is 8. The molecule has 0 bridgehead atoms. The lowest BCUT2D eigenvalue weighted by molar-refractivity contribution is -0.130. The molecule has 3 heterocycles. The molecule has 1 aromatic heterocycles. The zero-order valence-corrected chi connectivity index (χ0v) is 23.4. The summed E-state index contributed by atoms with van der Waals surface area (Å²) in [5, 5.41) is 3.59. The molecule has 0 saturated carbocycles. The van der Waals surface area contributed by atoms with E-state index >= 15 is 0 Å². The number of imide groups is 1. The molecule has 2 aliphatic rings. The Labute approximate surface area is 236 Å². The normalized spacial score (nSPS) is 18.4. The molecule has 2 saturated heterocycles. The Balaban J connectivity index is 1.30. The van der Waals surface area contributed by atoms with Crippen LogP contribution in [0.15, 0.2) is 51.7 Å². The summed E-state index contributed by atoms with van der Waals surface area (Å²) in [5.74, 6) is -1.33. The number of nitrogens with two attached hydrogens (primary N) is 1. The summed E-state index contributed by atoms with van der Waals surface area (Å²) in [6.45, 7) is 7.92. The SMILES string of the molecule is CCN(CC)c1ccc2c(C)c(CCN3C(=O)NC4(CCN(C(=O)c5ccc(C(N)=O)cc5)C4)C3=O)c(=O)oc2c1. The molecule has 5 amide bonds. The molecule has 2 aromatic carbocycles. The Hall–Kier alpha value is -4.67. The van der Waals surface area contributed by atoms with Gasteiger partial charge in [-0.15, -0.1) is 0 Å². The van der Waals surface area contributed by atoms with Crippen molar-refractivity contribution in [1.29, 1.82) is 0 Å². The van der Waals surface area contributed by atoms with Gasteiger partial charge >= 0.3 is 11.7 Å². The van der Waals surface area contributed by atoms with Crippen LogP contribution in [-0.4, -0.2) is 71.8 Å².